The van der Waals surface area contributed by atoms with Gasteiger partial charge in [0, 0.05) is 22.7 Å². The Hall–Kier alpha value is -3.77. The maximum Gasteiger partial charge on any atom is 0.329 e. The summed E-state index contributed by atoms with van der Waals surface area (Å²) in [4.78, 5) is 28.2. The van der Waals surface area contributed by atoms with E-state index in [0.29, 0.717) is 21.9 Å². The highest BCUT2D eigenvalue weighted by molar-refractivity contribution is 6.31. The van der Waals surface area contributed by atoms with Gasteiger partial charge in [-0.05, 0) is 24.3 Å². The number of imide groups is 1. The van der Waals surface area contributed by atoms with Crippen LogP contribution in [0.1, 0.15) is 16.7 Å². The molecule has 10 heteroatoms. The van der Waals surface area contributed by atoms with Gasteiger partial charge in [-0.25, -0.2) is 18.0 Å². The minimum absolute atomic E-state index is 0.0725. The number of urea groups is 1. The third-order valence-electron chi connectivity index (χ3n) is 4.62. The van der Waals surface area contributed by atoms with Gasteiger partial charge in [-0.1, -0.05) is 17.7 Å². The second-order valence-electron chi connectivity index (χ2n) is 6.44. The number of H-pyrrole nitrogens is 1. The van der Waals surface area contributed by atoms with Crippen molar-refractivity contribution in [2.24, 2.45) is 0 Å². The van der Waals surface area contributed by atoms with E-state index < -0.39 is 41.5 Å². The topological polar surface area (TPSA) is 89.0 Å². The standard InChI is InChI=1S/C20H10ClF3N4O2/c21-13-2-1-12-10(7-26-18(12)17(13)24)5-16-19(29)28(20(30)27-16)8-11-4-14(22)9(6-25)3-15(11)23/h1-5,7,26H,8H2,(H,27,30). The normalized spacial score (nSPS) is 15.2. The van der Waals surface area contributed by atoms with Crippen LogP contribution in [0.4, 0.5) is 18.0 Å². The predicted octanol–water partition coefficient (Wildman–Crippen LogP) is 4.20. The number of amides is 3. The van der Waals surface area contributed by atoms with Gasteiger partial charge in [0.25, 0.3) is 5.91 Å². The third kappa shape index (κ3) is 3.17. The number of nitriles is 1. The third-order valence-corrected chi connectivity index (χ3v) is 4.92. The molecule has 0 aliphatic carbocycles. The molecule has 1 aliphatic heterocycles. The molecule has 0 spiro atoms. The summed E-state index contributed by atoms with van der Waals surface area (Å²) in [5, 5.41) is 11.5. The van der Waals surface area contributed by atoms with E-state index in [4.69, 9.17) is 16.9 Å². The number of fused-ring (bicyclic) bond motifs is 1. The molecule has 1 aromatic heterocycles. The monoisotopic (exact) mass is 430 g/mol. The fraction of sp³-hybridized carbons (Fsp3) is 0.0500. The summed E-state index contributed by atoms with van der Waals surface area (Å²) < 4.78 is 42.0. The molecular formula is C20H10ClF3N4O2. The van der Waals surface area contributed by atoms with E-state index in [2.05, 4.69) is 10.3 Å². The highest BCUT2D eigenvalue weighted by Gasteiger charge is 2.34. The summed E-state index contributed by atoms with van der Waals surface area (Å²) in [6.45, 7) is -0.533. The number of benzene rings is 2. The van der Waals surface area contributed by atoms with E-state index in [1.54, 1.807) is 6.07 Å². The highest BCUT2D eigenvalue weighted by atomic mass is 35.5. The number of rotatable bonds is 3. The quantitative estimate of drug-likeness (QED) is 0.482. The number of carbonyl (C=O) groups excluding carboxylic acids is 2. The van der Waals surface area contributed by atoms with Crippen molar-refractivity contribution < 1.29 is 22.8 Å². The average Bonchev–Trinajstić information content (AvgIpc) is 3.23. The SMILES string of the molecule is N#Cc1cc(F)c(CN2C(=O)NC(=Cc3c[nH]c4c(F)c(Cl)ccc34)C2=O)cc1F. The lowest BCUT2D eigenvalue weighted by Gasteiger charge is -2.13. The van der Waals surface area contributed by atoms with Crippen molar-refractivity contribution in [3.63, 3.8) is 0 Å². The highest BCUT2D eigenvalue weighted by Crippen LogP contribution is 2.28. The van der Waals surface area contributed by atoms with Gasteiger partial charge >= 0.3 is 6.03 Å². The van der Waals surface area contributed by atoms with Gasteiger partial charge in [-0.2, -0.15) is 5.26 Å². The van der Waals surface area contributed by atoms with E-state index >= 15 is 0 Å². The number of nitrogens with one attached hydrogen (secondary N) is 2. The average molecular weight is 431 g/mol. The van der Waals surface area contributed by atoms with Crippen LogP contribution in [0.15, 0.2) is 36.2 Å². The number of aromatic nitrogens is 1. The van der Waals surface area contributed by atoms with Crippen molar-refractivity contribution in [1.29, 1.82) is 5.26 Å². The Labute approximate surface area is 172 Å². The molecule has 150 valence electrons. The lowest BCUT2D eigenvalue weighted by Crippen LogP contribution is -2.30. The first-order valence-electron chi connectivity index (χ1n) is 8.47. The van der Waals surface area contributed by atoms with Crippen LogP contribution in [0, 0.1) is 28.8 Å². The number of aromatic amines is 1. The van der Waals surface area contributed by atoms with Gasteiger partial charge < -0.3 is 10.3 Å². The molecule has 1 aliphatic rings. The van der Waals surface area contributed by atoms with Crippen LogP contribution in [0.2, 0.25) is 5.02 Å². The molecule has 6 nitrogen and oxygen atoms in total. The molecule has 3 aromatic rings. The molecule has 30 heavy (non-hydrogen) atoms. The van der Waals surface area contributed by atoms with E-state index in [9.17, 15) is 22.8 Å². The molecule has 0 bridgehead atoms. The van der Waals surface area contributed by atoms with Crippen molar-refractivity contribution in [2.75, 3.05) is 0 Å². The second-order valence-corrected chi connectivity index (χ2v) is 6.85. The number of hydrogen-bond donors (Lipinski definition) is 2. The van der Waals surface area contributed by atoms with Gasteiger partial charge in [0.2, 0.25) is 0 Å². The van der Waals surface area contributed by atoms with Crippen LogP contribution in [-0.4, -0.2) is 21.8 Å². The molecule has 2 aromatic carbocycles. The molecule has 1 saturated heterocycles. The molecule has 0 radical (unpaired) electrons. The van der Waals surface area contributed by atoms with E-state index in [1.807, 2.05) is 0 Å². The largest absolute Gasteiger partial charge is 0.358 e. The number of halogens is 4. The van der Waals surface area contributed by atoms with E-state index in [-0.39, 0.29) is 21.8 Å². The van der Waals surface area contributed by atoms with Gasteiger partial charge in [-0.3, -0.25) is 9.69 Å². The fourth-order valence-corrected chi connectivity index (χ4v) is 3.27. The van der Waals surface area contributed by atoms with Gasteiger partial charge in [-0.15, -0.1) is 0 Å². The lowest BCUT2D eigenvalue weighted by molar-refractivity contribution is -0.123. The number of nitrogens with zero attached hydrogens (tertiary/aromatic N) is 2. The van der Waals surface area contributed by atoms with Crippen LogP contribution in [0.5, 0.6) is 0 Å². The van der Waals surface area contributed by atoms with E-state index in [0.717, 1.165) is 6.07 Å². The molecule has 0 unspecified atom stereocenters. The summed E-state index contributed by atoms with van der Waals surface area (Å²) in [7, 11) is 0. The fourth-order valence-electron chi connectivity index (χ4n) is 3.12. The van der Waals surface area contributed by atoms with Crippen molar-refractivity contribution in [1.82, 2.24) is 15.2 Å². The van der Waals surface area contributed by atoms with Crippen molar-refractivity contribution >= 4 is 40.5 Å². The zero-order valence-corrected chi connectivity index (χ0v) is 15.6. The predicted molar refractivity (Wildman–Crippen MR) is 101 cm³/mol. The summed E-state index contributed by atoms with van der Waals surface area (Å²) in [6.07, 6.45) is 2.77. The smallest absolute Gasteiger partial charge is 0.329 e. The van der Waals surface area contributed by atoms with Gasteiger partial charge in [0.05, 0.1) is 22.6 Å². The van der Waals surface area contributed by atoms with Crippen LogP contribution >= 0.6 is 11.6 Å². The van der Waals surface area contributed by atoms with Crippen molar-refractivity contribution in [2.45, 2.75) is 6.54 Å². The lowest BCUT2D eigenvalue weighted by atomic mass is 10.1. The minimum Gasteiger partial charge on any atom is -0.358 e. The molecule has 1 fully saturated rings. The summed E-state index contributed by atoms with van der Waals surface area (Å²) in [5.74, 6) is -3.31. The zero-order valence-electron chi connectivity index (χ0n) is 14.9. The first-order valence-corrected chi connectivity index (χ1v) is 8.85. The molecule has 2 heterocycles. The van der Waals surface area contributed by atoms with Crippen LogP contribution in [-0.2, 0) is 11.3 Å². The minimum atomic E-state index is -0.962. The first-order chi connectivity index (χ1) is 14.3. The summed E-state index contributed by atoms with van der Waals surface area (Å²) >= 11 is 5.75. The maximum absolute atomic E-state index is 14.1. The Morgan fingerprint density at radius 1 is 1.17 bits per heavy atom. The van der Waals surface area contributed by atoms with Crippen molar-refractivity contribution in [3.8, 4) is 6.07 Å². The van der Waals surface area contributed by atoms with Crippen LogP contribution in [0.3, 0.4) is 0 Å². The van der Waals surface area contributed by atoms with Crippen LogP contribution < -0.4 is 5.32 Å². The molecule has 0 atom stereocenters. The molecule has 3 amide bonds. The first kappa shape index (κ1) is 19.5. The Morgan fingerprint density at radius 3 is 2.67 bits per heavy atom. The molecule has 4 rings (SSSR count). The summed E-state index contributed by atoms with van der Waals surface area (Å²) in [5.41, 5.74) is -0.314. The van der Waals surface area contributed by atoms with Gasteiger partial charge in [0.15, 0.2) is 5.82 Å². The van der Waals surface area contributed by atoms with Gasteiger partial charge in [0.1, 0.15) is 23.4 Å². The van der Waals surface area contributed by atoms with Crippen molar-refractivity contribution in [3.05, 3.63) is 75.3 Å². The zero-order chi connectivity index (χ0) is 21.6. The Morgan fingerprint density at radius 2 is 1.93 bits per heavy atom. The Bertz CT molecular complexity index is 1310. The maximum atomic E-state index is 14.1. The Balaban J connectivity index is 1.65. The molecule has 0 saturated carbocycles. The second kappa shape index (κ2) is 7.24. The Kier molecular flexibility index (Phi) is 4.72. The molecular weight excluding hydrogens is 421 g/mol. The summed E-state index contributed by atoms with van der Waals surface area (Å²) in [6, 6.07) is 5.06. The molecule has 2 N–H and O–H groups in total. The number of carbonyl (C=O) groups is 2. The van der Waals surface area contributed by atoms with Crippen LogP contribution in [0.25, 0.3) is 17.0 Å². The number of hydrogen-bond acceptors (Lipinski definition) is 3. The van der Waals surface area contributed by atoms with E-state index in [1.165, 1.54) is 24.4 Å².